The van der Waals surface area contributed by atoms with Crippen molar-refractivity contribution in [3.63, 3.8) is 0 Å². The number of likely N-dealkylation sites (N-methyl/N-ethyl adjacent to an activating group) is 1. The number of rotatable bonds is 11. The van der Waals surface area contributed by atoms with E-state index in [1.807, 2.05) is 67.5 Å². The first kappa shape index (κ1) is 26.9. The Labute approximate surface area is 227 Å². The molecule has 1 aromatic heterocycles. The van der Waals surface area contributed by atoms with Crippen LogP contribution in [0.25, 0.3) is 10.9 Å². The Kier molecular flexibility index (Phi) is 9.00. The second-order valence-corrected chi connectivity index (χ2v) is 10.0. The van der Waals surface area contributed by atoms with E-state index in [1.54, 1.807) is 24.4 Å². The number of carbonyl (C=O) groups excluding carboxylic acids is 2. The van der Waals surface area contributed by atoms with Crippen LogP contribution in [-0.4, -0.2) is 55.3 Å². The summed E-state index contributed by atoms with van der Waals surface area (Å²) in [6.45, 7) is 1.86. The van der Waals surface area contributed by atoms with Gasteiger partial charge in [0.05, 0.1) is 6.04 Å². The zero-order chi connectivity index (χ0) is 26.4. The number of H-pyrrole nitrogens is 1. The van der Waals surface area contributed by atoms with Gasteiger partial charge in [0.1, 0.15) is 0 Å². The Balaban J connectivity index is 1.53. The van der Waals surface area contributed by atoms with Crippen LogP contribution in [0.15, 0.2) is 72.9 Å². The number of fused-ring (bicyclic) bond motifs is 1. The number of benzene rings is 3. The van der Waals surface area contributed by atoms with Crippen molar-refractivity contribution < 1.29 is 9.59 Å². The average Bonchev–Trinajstić information content (AvgIpc) is 3.31. The number of aromatic nitrogens is 1. The second kappa shape index (κ2) is 12.4. The van der Waals surface area contributed by atoms with E-state index in [2.05, 4.69) is 15.6 Å². The minimum atomic E-state index is -0.541. The van der Waals surface area contributed by atoms with Crippen LogP contribution in [-0.2, 0) is 6.42 Å². The summed E-state index contributed by atoms with van der Waals surface area (Å²) in [5.41, 5.74) is 3.69. The van der Waals surface area contributed by atoms with Gasteiger partial charge in [-0.2, -0.15) is 0 Å². The van der Waals surface area contributed by atoms with Gasteiger partial charge in [0.15, 0.2) is 5.78 Å². The number of ketones is 1. The summed E-state index contributed by atoms with van der Waals surface area (Å²) >= 11 is 12.4. The van der Waals surface area contributed by atoms with Crippen LogP contribution < -0.4 is 10.6 Å². The van der Waals surface area contributed by atoms with E-state index in [4.69, 9.17) is 23.2 Å². The fraction of sp³-hybridized carbons (Fsp3) is 0.241. The van der Waals surface area contributed by atoms with E-state index in [0.29, 0.717) is 40.7 Å². The maximum absolute atomic E-state index is 13.8. The molecule has 0 bridgehead atoms. The maximum Gasteiger partial charge on any atom is 0.251 e. The Morgan fingerprint density at radius 2 is 1.76 bits per heavy atom. The van der Waals surface area contributed by atoms with Crippen LogP contribution >= 0.6 is 23.2 Å². The molecule has 1 amide bonds. The van der Waals surface area contributed by atoms with E-state index in [9.17, 15) is 9.59 Å². The summed E-state index contributed by atoms with van der Waals surface area (Å²) in [5.74, 6) is -0.196. The van der Waals surface area contributed by atoms with Gasteiger partial charge in [0.25, 0.3) is 5.91 Å². The molecule has 4 rings (SSSR count). The molecular formula is C29H30Cl2N4O2. The number of amides is 1. The molecular weight excluding hydrogens is 507 g/mol. The van der Waals surface area contributed by atoms with Gasteiger partial charge in [-0.3, -0.25) is 9.59 Å². The van der Waals surface area contributed by atoms with Crippen LogP contribution in [0.3, 0.4) is 0 Å². The molecule has 3 N–H and O–H groups in total. The van der Waals surface area contributed by atoms with E-state index < -0.39 is 6.04 Å². The zero-order valence-electron chi connectivity index (χ0n) is 20.9. The van der Waals surface area contributed by atoms with E-state index in [-0.39, 0.29) is 11.7 Å². The number of nitrogens with zero attached hydrogens (tertiary/aromatic N) is 1. The Bertz CT molecular complexity index is 1390. The fourth-order valence-corrected chi connectivity index (χ4v) is 4.71. The highest BCUT2D eigenvalue weighted by molar-refractivity contribution is 6.35. The van der Waals surface area contributed by atoms with Crippen molar-refractivity contribution in [1.82, 2.24) is 20.5 Å². The third-order valence-electron chi connectivity index (χ3n) is 6.21. The molecule has 192 valence electrons. The molecule has 0 saturated carbocycles. The number of Topliss-reactive ketones (excluding diaryl/α,β-unsaturated/α-hetero) is 1. The minimum Gasteiger partial charge on any atom is -0.360 e. The van der Waals surface area contributed by atoms with Gasteiger partial charge >= 0.3 is 0 Å². The van der Waals surface area contributed by atoms with Gasteiger partial charge in [-0.05, 0) is 55.9 Å². The number of aromatic amines is 1. The lowest BCUT2D eigenvalue weighted by Crippen LogP contribution is -2.31. The molecule has 4 aromatic rings. The molecule has 8 heteroatoms. The quantitative estimate of drug-likeness (QED) is 0.220. The number of nitrogens with one attached hydrogen (secondary N) is 3. The van der Waals surface area contributed by atoms with E-state index in [1.165, 1.54) is 0 Å². The molecule has 0 saturated heterocycles. The first-order chi connectivity index (χ1) is 17.8. The minimum absolute atomic E-state index is 0.0529. The smallest absolute Gasteiger partial charge is 0.251 e. The Morgan fingerprint density at radius 3 is 2.49 bits per heavy atom. The summed E-state index contributed by atoms with van der Waals surface area (Å²) in [4.78, 5) is 31.5. The van der Waals surface area contributed by atoms with Crippen LogP contribution in [0.2, 0.25) is 10.0 Å². The van der Waals surface area contributed by atoms with Crippen LogP contribution in [0, 0.1) is 0 Å². The highest BCUT2D eigenvalue weighted by Gasteiger charge is 2.24. The fourth-order valence-electron chi connectivity index (χ4n) is 4.20. The summed E-state index contributed by atoms with van der Waals surface area (Å²) in [6, 6.07) is 19.9. The molecule has 3 aromatic carbocycles. The summed E-state index contributed by atoms with van der Waals surface area (Å²) < 4.78 is 0. The van der Waals surface area contributed by atoms with Gasteiger partial charge in [-0.1, -0.05) is 65.7 Å². The highest BCUT2D eigenvalue weighted by Crippen LogP contribution is 2.26. The number of hydrogen-bond acceptors (Lipinski definition) is 4. The third kappa shape index (κ3) is 6.79. The van der Waals surface area contributed by atoms with Crippen molar-refractivity contribution in [2.45, 2.75) is 12.5 Å². The summed E-state index contributed by atoms with van der Waals surface area (Å²) in [7, 11) is 3.92. The largest absolute Gasteiger partial charge is 0.360 e. The number of carbonyl (C=O) groups is 2. The standard InChI is InChI=1S/C29H30Cl2N4O2/c1-35(2)15-14-33-29(37)21-9-11-23-24(18-34-26(23)16-21)28(36)27(20-6-4-3-5-7-20)32-13-12-19-8-10-22(30)17-25(19)31/h3-11,16-18,27,32,34H,12-15H2,1-2H3,(H,33,37). The highest BCUT2D eigenvalue weighted by atomic mass is 35.5. The van der Waals surface area contributed by atoms with Gasteiger partial charge in [0, 0.05) is 57.9 Å². The van der Waals surface area contributed by atoms with Gasteiger partial charge in [-0.25, -0.2) is 0 Å². The van der Waals surface area contributed by atoms with Crippen LogP contribution in [0.5, 0.6) is 0 Å². The molecule has 1 heterocycles. The lowest BCUT2D eigenvalue weighted by atomic mass is 9.96. The van der Waals surface area contributed by atoms with Crippen molar-refractivity contribution in [3.8, 4) is 0 Å². The van der Waals surface area contributed by atoms with Crippen molar-refractivity contribution in [2.24, 2.45) is 0 Å². The normalized spacial score (nSPS) is 12.1. The molecule has 0 fully saturated rings. The van der Waals surface area contributed by atoms with Gasteiger partial charge in [0.2, 0.25) is 0 Å². The van der Waals surface area contributed by atoms with Crippen molar-refractivity contribution >= 4 is 45.8 Å². The lowest BCUT2D eigenvalue weighted by molar-refractivity contribution is 0.0940. The predicted octanol–water partition coefficient (Wildman–Crippen LogP) is 5.52. The predicted molar refractivity (Wildman–Crippen MR) is 151 cm³/mol. The Morgan fingerprint density at radius 1 is 0.973 bits per heavy atom. The second-order valence-electron chi connectivity index (χ2n) is 9.17. The number of halogens is 2. The SMILES string of the molecule is CN(C)CCNC(=O)c1ccc2c(C(=O)C(NCCc3ccc(Cl)cc3Cl)c3ccccc3)c[nH]c2c1. The van der Waals surface area contributed by atoms with Gasteiger partial charge < -0.3 is 20.5 Å². The van der Waals surface area contributed by atoms with E-state index >= 15 is 0 Å². The lowest BCUT2D eigenvalue weighted by Gasteiger charge is -2.18. The molecule has 0 aliphatic carbocycles. The summed E-state index contributed by atoms with van der Waals surface area (Å²) in [5, 5.41) is 8.31. The first-order valence-electron chi connectivity index (χ1n) is 12.1. The van der Waals surface area contributed by atoms with Crippen LogP contribution in [0.4, 0.5) is 0 Å². The van der Waals surface area contributed by atoms with Crippen LogP contribution in [0.1, 0.15) is 37.9 Å². The summed E-state index contributed by atoms with van der Waals surface area (Å²) in [6.07, 6.45) is 2.36. The van der Waals surface area contributed by atoms with Crippen molar-refractivity contribution in [3.05, 3.63) is 105 Å². The molecule has 0 spiro atoms. The average molecular weight is 537 g/mol. The number of hydrogen-bond donors (Lipinski definition) is 3. The Hall–Kier alpha value is -3.16. The van der Waals surface area contributed by atoms with Crippen molar-refractivity contribution in [2.75, 3.05) is 33.7 Å². The zero-order valence-corrected chi connectivity index (χ0v) is 22.4. The monoisotopic (exact) mass is 536 g/mol. The van der Waals surface area contributed by atoms with Crippen molar-refractivity contribution in [1.29, 1.82) is 0 Å². The molecule has 0 aliphatic rings. The van der Waals surface area contributed by atoms with E-state index in [0.717, 1.165) is 28.6 Å². The third-order valence-corrected chi connectivity index (χ3v) is 6.79. The molecule has 1 unspecified atom stereocenters. The van der Waals surface area contributed by atoms with Gasteiger partial charge in [-0.15, -0.1) is 0 Å². The molecule has 1 atom stereocenters. The molecule has 0 aliphatic heterocycles. The molecule has 6 nitrogen and oxygen atoms in total. The maximum atomic E-state index is 13.8. The first-order valence-corrected chi connectivity index (χ1v) is 12.9. The molecule has 0 radical (unpaired) electrons. The molecule has 37 heavy (non-hydrogen) atoms. The topological polar surface area (TPSA) is 77.2 Å².